The molecule has 0 aliphatic heterocycles. The van der Waals surface area contributed by atoms with Crippen molar-refractivity contribution in [3.63, 3.8) is 0 Å². The van der Waals surface area contributed by atoms with Gasteiger partial charge >= 0.3 is 0 Å². The zero-order valence-electron chi connectivity index (χ0n) is 13.1. The molecule has 0 bridgehead atoms. The van der Waals surface area contributed by atoms with Gasteiger partial charge in [-0.1, -0.05) is 64.1 Å². The van der Waals surface area contributed by atoms with Gasteiger partial charge in [-0.3, -0.25) is 0 Å². The SMILES string of the molecule is CCS(=O)(=O)c1ccc(-c2ccc(C(C)(C)C)cc2)cc1. The molecule has 3 heteroatoms. The Balaban J connectivity index is 2.31. The zero-order chi connectivity index (χ0) is 15.7. The van der Waals surface area contributed by atoms with Gasteiger partial charge in [0.1, 0.15) is 0 Å². The molecule has 2 nitrogen and oxygen atoms in total. The Morgan fingerprint density at radius 3 is 1.62 bits per heavy atom. The molecule has 0 fully saturated rings. The normalized spacial score (nSPS) is 12.4. The lowest BCUT2D eigenvalue weighted by atomic mass is 9.86. The average molecular weight is 302 g/mol. The van der Waals surface area contributed by atoms with E-state index in [9.17, 15) is 8.42 Å². The van der Waals surface area contributed by atoms with Crippen LogP contribution in [-0.2, 0) is 15.3 Å². The first-order valence-corrected chi connectivity index (χ1v) is 8.83. The second-order valence-electron chi connectivity index (χ2n) is 6.26. The van der Waals surface area contributed by atoms with Crippen molar-refractivity contribution in [3.8, 4) is 11.1 Å². The van der Waals surface area contributed by atoms with Crippen LogP contribution in [0.1, 0.15) is 33.3 Å². The van der Waals surface area contributed by atoms with Crippen LogP contribution in [-0.4, -0.2) is 14.2 Å². The fourth-order valence-electron chi connectivity index (χ4n) is 2.18. The van der Waals surface area contributed by atoms with E-state index in [1.165, 1.54) is 5.56 Å². The monoisotopic (exact) mass is 302 g/mol. The van der Waals surface area contributed by atoms with Crippen LogP contribution in [0.15, 0.2) is 53.4 Å². The first-order chi connectivity index (χ1) is 9.74. The van der Waals surface area contributed by atoms with Crippen LogP contribution in [0, 0.1) is 0 Å². The Bertz CT molecular complexity index is 703. The molecule has 0 radical (unpaired) electrons. The minimum absolute atomic E-state index is 0.132. The van der Waals surface area contributed by atoms with E-state index < -0.39 is 9.84 Å². The van der Waals surface area contributed by atoms with E-state index in [0.29, 0.717) is 4.90 Å². The molecule has 2 aromatic rings. The van der Waals surface area contributed by atoms with Gasteiger partial charge in [0.15, 0.2) is 9.84 Å². The van der Waals surface area contributed by atoms with E-state index >= 15 is 0 Å². The van der Waals surface area contributed by atoms with E-state index in [0.717, 1.165) is 11.1 Å². The molecular weight excluding hydrogens is 280 g/mol. The largest absolute Gasteiger partial charge is 0.224 e. The van der Waals surface area contributed by atoms with Gasteiger partial charge in [0, 0.05) is 0 Å². The minimum Gasteiger partial charge on any atom is -0.224 e. The lowest BCUT2D eigenvalue weighted by Gasteiger charge is -2.19. The van der Waals surface area contributed by atoms with E-state index in [-0.39, 0.29) is 11.2 Å². The molecule has 0 atom stereocenters. The summed E-state index contributed by atoms with van der Waals surface area (Å²) in [5.74, 6) is 0.132. The molecule has 0 aliphatic carbocycles. The zero-order valence-corrected chi connectivity index (χ0v) is 13.9. The molecular formula is C18H22O2S. The van der Waals surface area contributed by atoms with E-state index in [1.807, 2.05) is 12.1 Å². The van der Waals surface area contributed by atoms with Crippen molar-refractivity contribution in [1.82, 2.24) is 0 Å². The van der Waals surface area contributed by atoms with Gasteiger partial charge in [-0.05, 0) is 34.2 Å². The summed E-state index contributed by atoms with van der Waals surface area (Å²) in [6.45, 7) is 8.22. The highest BCUT2D eigenvalue weighted by Gasteiger charge is 2.14. The van der Waals surface area contributed by atoms with E-state index in [4.69, 9.17) is 0 Å². The van der Waals surface area contributed by atoms with Crippen molar-refractivity contribution >= 4 is 9.84 Å². The van der Waals surface area contributed by atoms with Gasteiger partial charge in [0.2, 0.25) is 0 Å². The van der Waals surface area contributed by atoms with Gasteiger partial charge in [0.25, 0.3) is 0 Å². The predicted octanol–water partition coefficient (Wildman–Crippen LogP) is 4.44. The van der Waals surface area contributed by atoms with Gasteiger partial charge < -0.3 is 0 Å². The Morgan fingerprint density at radius 2 is 1.24 bits per heavy atom. The van der Waals surface area contributed by atoms with Crippen molar-refractivity contribution in [2.75, 3.05) is 5.75 Å². The lowest BCUT2D eigenvalue weighted by molar-refractivity contribution is 0.590. The fraction of sp³-hybridized carbons (Fsp3) is 0.333. The summed E-state index contributed by atoms with van der Waals surface area (Å²) in [4.78, 5) is 0.389. The molecule has 2 aromatic carbocycles. The minimum atomic E-state index is -3.12. The molecule has 0 aromatic heterocycles. The summed E-state index contributed by atoms with van der Waals surface area (Å²) in [5.41, 5.74) is 3.56. The van der Waals surface area contributed by atoms with Crippen LogP contribution in [0.2, 0.25) is 0 Å². The van der Waals surface area contributed by atoms with Gasteiger partial charge in [-0.15, -0.1) is 0 Å². The molecule has 0 heterocycles. The summed E-state index contributed by atoms with van der Waals surface area (Å²) >= 11 is 0. The number of benzene rings is 2. The Hall–Kier alpha value is -1.61. The third-order valence-corrected chi connectivity index (χ3v) is 5.43. The first kappa shape index (κ1) is 15.8. The fourth-order valence-corrected chi connectivity index (χ4v) is 3.07. The summed E-state index contributed by atoms with van der Waals surface area (Å²) in [6.07, 6.45) is 0. The molecule has 0 saturated heterocycles. The van der Waals surface area contributed by atoms with Crippen molar-refractivity contribution in [2.45, 2.75) is 38.0 Å². The quantitative estimate of drug-likeness (QED) is 0.839. The summed E-state index contributed by atoms with van der Waals surface area (Å²) in [6, 6.07) is 15.5. The molecule has 0 aliphatic rings. The van der Waals surface area contributed by atoms with Crippen molar-refractivity contribution in [2.24, 2.45) is 0 Å². The second kappa shape index (κ2) is 5.64. The summed E-state index contributed by atoms with van der Waals surface area (Å²) in [5, 5.41) is 0. The summed E-state index contributed by atoms with van der Waals surface area (Å²) in [7, 11) is -3.12. The first-order valence-electron chi connectivity index (χ1n) is 7.18. The van der Waals surface area contributed by atoms with E-state index in [1.54, 1.807) is 19.1 Å². The number of rotatable bonds is 3. The third kappa shape index (κ3) is 3.53. The highest BCUT2D eigenvalue weighted by Crippen LogP contribution is 2.26. The number of hydrogen-bond donors (Lipinski definition) is 0. The molecule has 21 heavy (non-hydrogen) atoms. The second-order valence-corrected chi connectivity index (χ2v) is 8.53. The van der Waals surface area contributed by atoms with Crippen LogP contribution >= 0.6 is 0 Å². The number of sulfone groups is 1. The maximum absolute atomic E-state index is 11.8. The molecule has 0 amide bonds. The Kier molecular flexibility index (Phi) is 4.24. The van der Waals surface area contributed by atoms with Gasteiger partial charge in [0.05, 0.1) is 10.6 Å². The number of hydrogen-bond acceptors (Lipinski definition) is 2. The van der Waals surface area contributed by atoms with Crippen LogP contribution in [0.5, 0.6) is 0 Å². The van der Waals surface area contributed by atoms with Crippen molar-refractivity contribution in [1.29, 1.82) is 0 Å². The molecule has 0 unspecified atom stereocenters. The van der Waals surface area contributed by atoms with Crippen LogP contribution < -0.4 is 0 Å². The third-order valence-electron chi connectivity index (χ3n) is 3.68. The standard InChI is InChI=1S/C18H22O2S/c1-5-21(19,20)17-12-8-15(9-13-17)14-6-10-16(11-7-14)18(2,3)4/h6-13H,5H2,1-4H3. The van der Waals surface area contributed by atoms with Crippen LogP contribution in [0.3, 0.4) is 0 Å². The average Bonchev–Trinajstić information content (AvgIpc) is 2.47. The Morgan fingerprint density at radius 1 is 0.810 bits per heavy atom. The highest BCUT2D eigenvalue weighted by molar-refractivity contribution is 7.91. The summed E-state index contributed by atoms with van der Waals surface area (Å²) < 4.78 is 23.6. The van der Waals surface area contributed by atoms with Gasteiger partial charge in [-0.25, -0.2) is 8.42 Å². The Labute approximate surface area is 127 Å². The van der Waals surface area contributed by atoms with E-state index in [2.05, 4.69) is 45.0 Å². The predicted molar refractivity (Wildman–Crippen MR) is 88.3 cm³/mol. The van der Waals surface area contributed by atoms with Gasteiger partial charge in [-0.2, -0.15) is 0 Å². The smallest absolute Gasteiger partial charge is 0.178 e. The maximum Gasteiger partial charge on any atom is 0.178 e. The van der Waals surface area contributed by atoms with Crippen molar-refractivity contribution in [3.05, 3.63) is 54.1 Å². The van der Waals surface area contributed by atoms with Crippen LogP contribution in [0.25, 0.3) is 11.1 Å². The highest BCUT2D eigenvalue weighted by atomic mass is 32.2. The molecule has 2 rings (SSSR count). The lowest BCUT2D eigenvalue weighted by Crippen LogP contribution is -2.10. The molecule has 0 N–H and O–H groups in total. The molecule has 112 valence electrons. The van der Waals surface area contributed by atoms with Crippen molar-refractivity contribution < 1.29 is 8.42 Å². The maximum atomic E-state index is 11.8. The van der Waals surface area contributed by atoms with Crippen LogP contribution in [0.4, 0.5) is 0 Å². The molecule has 0 spiro atoms. The molecule has 0 saturated carbocycles. The topological polar surface area (TPSA) is 34.1 Å².